The number of thioether (sulfide) groups is 1. The summed E-state index contributed by atoms with van der Waals surface area (Å²) < 4.78 is 7.37. The van der Waals surface area contributed by atoms with E-state index >= 15 is 0 Å². The minimum Gasteiger partial charge on any atom is -0.487 e. The molecule has 1 saturated heterocycles. The van der Waals surface area contributed by atoms with Crippen molar-refractivity contribution in [1.82, 2.24) is 4.90 Å². The van der Waals surface area contributed by atoms with Crippen LogP contribution >= 0.6 is 43.6 Å². The number of aliphatic imine (C=N–C) groups is 1. The van der Waals surface area contributed by atoms with Gasteiger partial charge in [0, 0.05) is 24.2 Å². The number of amidine groups is 1. The number of benzene rings is 2. The number of nitro groups is 1. The standard InChI is InChI=1S/C23H23Br2N3O4S/c1-13(2)26-23-27(14(3)4)22(29)20(33-23)11-16-9-18(24)21(19(25)10-16)32-12-15-5-7-17(8-6-15)28(30)31/h5-11,13-14H,12H2,1-4H3/b20-11+,26-23?. The Morgan fingerprint density at radius 2 is 1.76 bits per heavy atom. The van der Waals surface area contributed by atoms with Crippen LogP contribution in [0.4, 0.5) is 5.69 Å². The summed E-state index contributed by atoms with van der Waals surface area (Å²) in [5, 5.41) is 11.5. The molecule has 0 radical (unpaired) electrons. The fourth-order valence-corrected chi connectivity index (χ4v) is 5.76. The molecule has 0 atom stereocenters. The van der Waals surface area contributed by atoms with Gasteiger partial charge in [-0.15, -0.1) is 0 Å². The fraction of sp³-hybridized carbons (Fsp3) is 0.304. The highest BCUT2D eigenvalue weighted by atomic mass is 79.9. The molecule has 0 N–H and O–H groups in total. The number of halogens is 2. The van der Waals surface area contributed by atoms with Crippen molar-refractivity contribution in [3.63, 3.8) is 0 Å². The van der Waals surface area contributed by atoms with E-state index in [0.29, 0.717) is 10.7 Å². The summed E-state index contributed by atoms with van der Waals surface area (Å²) in [6.07, 6.45) is 1.85. The second-order valence-corrected chi connectivity index (χ2v) is 10.6. The zero-order valence-corrected chi connectivity index (χ0v) is 22.5. The Hall–Kier alpha value is -2.17. The molecular formula is C23H23Br2N3O4S. The van der Waals surface area contributed by atoms with Gasteiger partial charge in [-0.05, 0) is 113 Å². The Kier molecular flexibility index (Phi) is 8.36. The number of carbonyl (C=O) groups excluding carboxylic acids is 1. The average Bonchev–Trinajstić information content (AvgIpc) is 3.01. The van der Waals surface area contributed by atoms with Gasteiger partial charge in [0.1, 0.15) is 12.4 Å². The number of non-ortho nitro benzene ring substituents is 1. The second kappa shape index (κ2) is 10.8. The van der Waals surface area contributed by atoms with Gasteiger partial charge in [0.05, 0.1) is 18.8 Å². The molecule has 0 aliphatic carbocycles. The van der Waals surface area contributed by atoms with E-state index in [1.807, 2.05) is 45.9 Å². The lowest BCUT2D eigenvalue weighted by molar-refractivity contribution is -0.384. The van der Waals surface area contributed by atoms with E-state index in [1.165, 1.54) is 23.9 Å². The SMILES string of the molecule is CC(C)N=C1S/C(=C/c2cc(Br)c(OCc3ccc([N+](=O)[O-])cc3)c(Br)c2)C(=O)N1C(C)C. The smallest absolute Gasteiger partial charge is 0.269 e. The van der Waals surface area contributed by atoms with Crippen molar-refractivity contribution in [3.05, 3.63) is 71.5 Å². The second-order valence-electron chi connectivity index (χ2n) is 7.91. The molecule has 33 heavy (non-hydrogen) atoms. The van der Waals surface area contributed by atoms with Crippen LogP contribution in [-0.4, -0.2) is 33.0 Å². The highest BCUT2D eigenvalue weighted by molar-refractivity contribution is 9.11. The van der Waals surface area contributed by atoms with Gasteiger partial charge in [0.25, 0.3) is 11.6 Å². The summed E-state index contributed by atoms with van der Waals surface area (Å²) in [5.41, 5.74) is 1.68. The molecule has 3 rings (SSSR count). The van der Waals surface area contributed by atoms with Crippen molar-refractivity contribution >= 4 is 66.5 Å². The number of rotatable bonds is 7. The maximum atomic E-state index is 13.0. The van der Waals surface area contributed by atoms with E-state index in [1.54, 1.807) is 17.0 Å². The average molecular weight is 597 g/mol. The highest BCUT2D eigenvalue weighted by Gasteiger charge is 2.35. The molecule has 10 heteroatoms. The molecule has 1 aliphatic heterocycles. The third kappa shape index (κ3) is 6.24. The Morgan fingerprint density at radius 1 is 1.15 bits per heavy atom. The molecule has 0 aromatic heterocycles. The van der Waals surface area contributed by atoms with Crippen LogP contribution < -0.4 is 4.74 Å². The lowest BCUT2D eigenvalue weighted by Gasteiger charge is -2.20. The Morgan fingerprint density at radius 3 is 2.27 bits per heavy atom. The van der Waals surface area contributed by atoms with Gasteiger partial charge >= 0.3 is 0 Å². The summed E-state index contributed by atoms with van der Waals surface area (Å²) in [4.78, 5) is 30.3. The molecular weight excluding hydrogens is 574 g/mol. The first-order chi connectivity index (χ1) is 15.6. The molecule has 0 spiro atoms. The van der Waals surface area contributed by atoms with Crippen LogP contribution in [0.25, 0.3) is 6.08 Å². The number of hydrogen-bond donors (Lipinski definition) is 0. The van der Waals surface area contributed by atoms with Crippen LogP contribution in [0, 0.1) is 10.1 Å². The Labute approximate surface area is 213 Å². The van der Waals surface area contributed by atoms with E-state index in [2.05, 4.69) is 36.9 Å². The Bertz CT molecular complexity index is 1110. The highest BCUT2D eigenvalue weighted by Crippen LogP contribution is 2.38. The molecule has 2 aromatic carbocycles. The molecule has 0 saturated carbocycles. The van der Waals surface area contributed by atoms with Gasteiger partial charge in [-0.25, -0.2) is 0 Å². The van der Waals surface area contributed by atoms with E-state index in [0.717, 1.165) is 25.2 Å². The first-order valence-electron chi connectivity index (χ1n) is 10.2. The van der Waals surface area contributed by atoms with Gasteiger partial charge < -0.3 is 4.74 Å². The lowest BCUT2D eigenvalue weighted by atomic mass is 10.2. The maximum absolute atomic E-state index is 13.0. The molecule has 1 amide bonds. The predicted octanol–water partition coefficient (Wildman–Crippen LogP) is 6.79. The van der Waals surface area contributed by atoms with E-state index in [-0.39, 0.29) is 30.3 Å². The van der Waals surface area contributed by atoms with Crippen molar-refractivity contribution in [2.75, 3.05) is 0 Å². The van der Waals surface area contributed by atoms with Crippen LogP contribution in [0.1, 0.15) is 38.8 Å². The Balaban J connectivity index is 1.80. The molecule has 0 bridgehead atoms. The third-order valence-corrected chi connectivity index (χ3v) is 6.75. The molecule has 7 nitrogen and oxygen atoms in total. The molecule has 174 valence electrons. The van der Waals surface area contributed by atoms with Crippen molar-refractivity contribution in [2.24, 2.45) is 4.99 Å². The minimum atomic E-state index is -0.434. The topological polar surface area (TPSA) is 85.0 Å². The van der Waals surface area contributed by atoms with Crippen molar-refractivity contribution in [2.45, 2.75) is 46.4 Å². The lowest BCUT2D eigenvalue weighted by Crippen LogP contribution is -2.35. The third-order valence-electron chi connectivity index (χ3n) is 4.57. The number of hydrogen-bond acceptors (Lipinski definition) is 6. The van der Waals surface area contributed by atoms with Crippen molar-refractivity contribution in [3.8, 4) is 5.75 Å². The number of ether oxygens (including phenoxy) is 1. The summed E-state index contributed by atoms with van der Waals surface area (Å²) in [6, 6.07) is 10.1. The van der Waals surface area contributed by atoms with Gasteiger partial charge in [0.2, 0.25) is 0 Å². The van der Waals surface area contributed by atoms with E-state index in [9.17, 15) is 14.9 Å². The zero-order valence-electron chi connectivity index (χ0n) is 18.5. The number of nitro benzene ring substituents is 1. The van der Waals surface area contributed by atoms with Gasteiger partial charge in [-0.2, -0.15) is 0 Å². The number of amides is 1. The van der Waals surface area contributed by atoms with Crippen LogP contribution in [0.2, 0.25) is 0 Å². The first-order valence-corrected chi connectivity index (χ1v) is 12.6. The van der Waals surface area contributed by atoms with Gasteiger partial charge in [0.15, 0.2) is 5.17 Å². The molecule has 1 aliphatic rings. The maximum Gasteiger partial charge on any atom is 0.269 e. The minimum absolute atomic E-state index is 0.0158. The molecule has 0 unspecified atom stereocenters. The summed E-state index contributed by atoms with van der Waals surface area (Å²) in [5.74, 6) is 0.548. The van der Waals surface area contributed by atoms with Crippen LogP contribution in [-0.2, 0) is 11.4 Å². The summed E-state index contributed by atoms with van der Waals surface area (Å²) in [6.45, 7) is 8.18. The van der Waals surface area contributed by atoms with E-state index in [4.69, 9.17) is 4.74 Å². The quantitative estimate of drug-likeness (QED) is 0.200. The summed E-state index contributed by atoms with van der Waals surface area (Å²) in [7, 11) is 0. The first kappa shape index (κ1) is 25.5. The number of nitrogens with zero attached hydrogens (tertiary/aromatic N) is 3. The van der Waals surface area contributed by atoms with Gasteiger partial charge in [-0.1, -0.05) is 0 Å². The van der Waals surface area contributed by atoms with Crippen molar-refractivity contribution in [1.29, 1.82) is 0 Å². The van der Waals surface area contributed by atoms with E-state index < -0.39 is 4.92 Å². The van der Waals surface area contributed by atoms with Crippen LogP contribution in [0.15, 0.2) is 55.2 Å². The molecule has 1 fully saturated rings. The monoisotopic (exact) mass is 595 g/mol. The fourth-order valence-electron chi connectivity index (χ4n) is 3.07. The molecule has 2 aromatic rings. The normalized spacial score (nSPS) is 16.5. The zero-order chi connectivity index (χ0) is 24.3. The van der Waals surface area contributed by atoms with Gasteiger partial charge in [-0.3, -0.25) is 24.8 Å². The summed E-state index contributed by atoms with van der Waals surface area (Å²) >= 11 is 8.48. The largest absolute Gasteiger partial charge is 0.487 e. The molecule has 1 heterocycles. The number of carbonyl (C=O) groups is 1. The van der Waals surface area contributed by atoms with Crippen LogP contribution in [0.3, 0.4) is 0 Å². The van der Waals surface area contributed by atoms with Crippen molar-refractivity contribution < 1.29 is 14.5 Å². The van der Waals surface area contributed by atoms with Crippen LogP contribution in [0.5, 0.6) is 5.75 Å². The predicted molar refractivity (Wildman–Crippen MR) is 139 cm³/mol.